The van der Waals surface area contributed by atoms with Crippen LogP contribution in [0.2, 0.25) is 0 Å². The molecule has 1 aromatic carbocycles. The minimum atomic E-state index is 0.916. The van der Waals surface area contributed by atoms with Crippen molar-refractivity contribution in [3.8, 4) is 5.75 Å². The third kappa shape index (κ3) is 8.77. The zero-order valence-corrected chi connectivity index (χ0v) is 13.9. The molecule has 1 rings (SSSR count). The average Bonchev–Trinajstić information content (AvgIpc) is 2.53. The fourth-order valence-corrected chi connectivity index (χ4v) is 2.52. The number of unbranched alkanes of at least 4 members (excludes halogenated alkanes) is 6. The quantitative estimate of drug-likeness (QED) is 0.453. The fourth-order valence-electron chi connectivity index (χ4n) is 2.52. The molecule has 0 spiro atoms. The lowest BCUT2D eigenvalue weighted by Gasteiger charge is -2.08. The maximum atomic E-state index is 5.69. The molecule has 0 fully saturated rings. The lowest BCUT2D eigenvalue weighted by atomic mass is 10.1. The van der Waals surface area contributed by atoms with Gasteiger partial charge in [0.15, 0.2) is 0 Å². The molecule has 0 N–H and O–H groups in total. The maximum absolute atomic E-state index is 5.69. The molecule has 0 saturated carbocycles. The number of rotatable bonds is 13. The summed E-state index contributed by atoms with van der Waals surface area (Å²) in [5.74, 6) is 1.01. The van der Waals surface area contributed by atoms with E-state index in [1.807, 2.05) is 12.1 Å². The largest absolute Gasteiger partial charge is 0.496 e. The number of benzene rings is 1. The molecule has 2 nitrogen and oxygen atoms in total. The van der Waals surface area contributed by atoms with Crippen LogP contribution in [-0.4, -0.2) is 20.3 Å². The Morgan fingerprint density at radius 3 is 2.19 bits per heavy atom. The lowest BCUT2D eigenvalue weighted by Crippen LogP contribution is -1.98. The Bertz CT molecular complexity index is 349. The van der Waals surface area contributed by atoms with Gasteiger partial charge in [-0.05, 0) is 37.3 Å². The number of methoxy groups -OCH3 is 1. The van der Waals surface area contributed by atoms with E-state index in [1.165, 1.54) is 56.9 Å². The Hall–Kier alpha value is -1.02. The number of ether oxygens (including phenoxy) is 2. The third-order valence-electron chi connectivity index (χ3n) is 3.82. The number of hydrogen-bond acceptors (Lipinski definition) is 2. The first-order chi connectivity index (χ1) is 10.4. The SMILES string of the molecule is CCCCCCCOCCCCCc1ccccc1OC. The monoisotopic (exact) mass is 292 g/mol. The van der Waals surface area contributed by atoms with Crippen LogP contribution >= 0.6 is 0 Å². The van der Waals surface area contributed by atoms with Gasteiger partial charge >= 0.3 is 0 Å². The van der Waals surface area contributed by atoms with Crippen LogP contribution in [0.15, 0.2) is 24.3 Å². The molecule has 0 atom stereocenters. The molecule has 0 unspecified atom stereocenters. The van der Waals surface area contributed by atoms with Gasteiger partial charge in [0.05, 0.1) is 7.11 Å². The Morgan fingerprint density at radius 2 is 1.48 bits per heavy atom. The first-order valence-electron chi connectivity index (χ1n) is 8.58. The Kier molecular flexibility index (Phi) is 10.9. The van der Waals surface area contributed by atoms with Crippen LogP contribution in [0.5, 0.6) is 5.75 Å². The molecule has 21 heavy (non-hydrogen) atoms. The van der Waals surface area contributed by atoms with Crippen molar-refractivity contribution in [3.63, 3.8) is 0 Å². The van der Waals surface area contributed by atoms with Crippen molar-refractivity contribution in [2.24, 2.45) is 0 Å². The van der Waals surface area contributed by atoms with Gasteiger partial charge in [0.1, 0.15) is 5.75 Å². The highest BCUT2D eigenvalue weighted by molar-refractivity contribution is 5.33. The van der Waals surface area contributed by atoms with Crippen molar-refractivity contribution >= 4 is 0 Å². The van der Waals surface area contributed by atoms with E-state index in [9.17, 15) is 0 Å². The van der Waals surface area contributed by atoms with Crippen LogP contribution in [0.1, 0.15) is 63.9 Å². The van der Waals surface area contributed by atoms with Crippen LogP contribution < -0.4 is 4.74 Å². The maximum Gasteiger partial charge on any atom is 0.122 e. The summed E-state index contributed by atoms with van der Waals surface area (Å²) in [6, 6.07) is 8.30. The van der Waals surface area contributed by atoms with E-state index in [2.05, 4.69) is 19.1 Å². The minimum absolute atomic E-state index is 0.916. The summed E-state index contributed by atoms with van der Waals surface area (Å²) >= 11 is 0. The molecule has 1 aromatic rings. The predicted molar refractivity (Wildman–Crippen MR) is 90.1 cm³/mol. The van der Waals surface area contributed by atoms with Crippen molar-refractivity contribution in [1.29, 1.82) is 0 Å². The van der Waals surface area contributed by atoms with Crippen LogP contribution in [0.4, 0.5) is 0 Å². The van der Waals surface area contributed by atoms with E-state index in [1.54, 1.807) is 7.11 Å². The zero-order chi connectivity index (χ0) is 15.2. The van der Waals surface area contributed by atoms with E-state index in [0.29, 0.717) is 0 Å². The first-order valence-corrected chi connectivity index (χ1v) is 8.58. The second-order valence-electron chi connectivity index (χ2n) is 5.65. The van der Waals surface area contributed by atoms with Gasteiger partial charge < -0.3 is 9.47 Å². The lowest BCUT2D eigenvalue weighted by molar-refractivity contribution is 0.126. The van der Waals surface area contributed by atoms with Gasteiger partial charge in [0.25, 0.3) is 0 Å². The van der Waals surface area contributed by atoms with Crippen LogP contribution in [0.3, 0.4) is 0 Å². The van der Waals surface area contributed by atoms with E-state index < -0.39 is 0 Å². The standard InChI is InChI=1S/C19H32O2/c1-3-4-5-6-11-16-21-17-12-7-8-13-18-14-9-10-15-19(18)20-2/h9-10,14-15H,3-8,11-13,16-17H2,1-2H3. The van der Waals surface area contributed by atoms with E-state index in [0.717, 1.165) is 25.4 Å². The zero-order valence-electron chi connectivity index (χ0n) is 13.9. The van der Waals surface area contributed by atoms with Crippen molar-refractivity contribution < 1.29 is 9.47 Å². The summed E-state index contributed by atoms with van der Waals surface area (Å²) in [5.41, 5.74) is 1.32. The molecule has 0 amide bonds. The second kappa shape index (κ2) is 12.7. The summed E-state index contributed by atoms with van der Waals surface area (Å²) < 4.78 is 11.1. The molecule has 120 valence electrons. The molecule has 0 heterocycles. The van der Waals surface area contributed by atoms with Gasteiger partial charge in [-0.15, -0.1) is 0 Å². The van der Waals surface area contributed by atoms with Crippen molar-refractivity contribution in [2.45, 2.75) is 64.7 Å². The van der Waals surface area contributed by atoms with Crippen molar-refractivity contribution in [3.05, 3.63) is 29.8 Å². The van der Waals surface area contributed by atoms with Gasteiger partial charge in [-0.1, -0.05) is 57.2 Å². The average molecular weight is 292 g/mol. The Balaban J connectivity index is 1.93. The molecule has 0 radical (unpaired) electrons. The number of hydrogen-bond donors (Lipinski definition) is 0. The van der Waals surface area contributed by atoms with Gasteiger partial charge in [0, 0.05) is 13.2 Å². The van der Waals surface area contributed by atoms with Crippen LogP contribution in [0, 0.1) is 0 Å². The molecule has 2 heteroatoms. The van der Waals surface area contributed by atoms with Gasteiger partial charge in [-0.25, -0.2) is 0 Å². The highest BCUT2D eigenvalue weighted by atomic mass is 16.5. The Morgan fingerprint density at radius 1 is 0.810 bits per heavy atom. The summed E-state index contributed by atoms with van der Waals surface area (Å²) in [6.45, 7) is 4.11. The van der Waals surface area contributed by atoms with Crippen LogP contribution in [-0.2, 0) is 11.2 Å². The molecular weight excluding hydrogens is 260 g/mol. The van der Waals surface area contributed by atoms with Gasteiger partial charge in [-0.2, -0.15) is 0 Å². The highest BCUT2D eigenvalue weighted by Gasteiger charge is 2.00. The van der Waals surface area contributed by atoms with Crippen molar-refractivity contribution in [1.82, 2.24) is 0 Å². The highest BCUT2D eigenvalue weighted by Crippen LogP contribution is 2.19. The van der Waals surface area contributed by atoms with Gasteiger partial charge in [-0.3, -0.25) is 0 Å². The topological polar surface area (TPSA) is 18.5 Å². The molecule has 0 aromatic heterocycles. The smallest absolute Gasteiger partial charge is 0.122 e. The summed E-state index contributed by atoms with van der Waals surface area (Å²) in [5, 5.41) is 0. The van der Waals surface area contributed by atoms with E-state index >= 15 is 0 Å². The summed E-state index contributed by atoms with van der Waals surface area (Å²) in [6.07, 6.45) is 11.3. The molecule has 0 bridgehead atoms. The predicted octanol–water partition coefficient (Wildman–Crippen LogP) is 5.40. The van der Waals surface area contributed by atoms with Gasteiger partial charge in [0.2, 0.25) is 0 Å². The van der Waals surface area contributed by atoms with E-state index in [-0.39, 0.29) is 0 Å². The molecule has 0 aliphatic carbocycles. The minimum Gasteiger partial charge on any atom is -0.496 e. The second-order valence-corrected chi connectivity index (χ2v) is 5.65. The molecule has 0 saturated heterocycles. The van der Waals surface area contributed by atoms with Crippen LogP contribution in [0.25, 0.3) is 0 Å². The molecule has 0 aliphatic rings. The number of aryl methyl sites for hydroxylation is 1. The fraction of sp³-hybridized carbons (Fsp3) is 0.684. The third-order valence-corrected chi connectivity index (χ3v) is 3.82. The summed E-state index contributed by atoms with van der Waals surface area (Å²) in [4.78, 5) is 0. The Labute approximate surface area is 130 Å². The van der Waals surface area contributed by atoms with Crippen molar-refractivity contribution in [2.75, 3.05) is 20.3 Å². The normalized spacial score (nSPS) is 10.8. The molecule has 0 aliphatic heterocycles. The number of para-hydroxylation sites is 1. The van der Waals surface area contributed by atoms with E-state index in [4.69, 9.17) is 9.47 Å². The summed E-state index contributed by atoms with van der Waals surface area (Å²) in [7, 11) is 1.74. The molecular formula is C19H32O2. The first kappa shape index (κ1) is 18.0.